The number of ether oxygens (including phenoxy) is 2. The summed E-state index contributed by atoms with van der Waals surface area (Å²) in [6.07, 6.45) is 5.79. The molecule has 0 atom stereocenters. The maximum Gasteiger partial charge on any atom is 0.311 e. The van der Waals surface area contributed by atoms with Crippen molar-refractivity contribution in [1.29, 1.82) is 0 Å². The SMILES string of the molecule is CCCCC(C)(C)C(=O)OCC(C)(C)COC(=O)C(C)(C)CCCC. The summed E-state index contributed by atoms with van der Waals surface area (Å²) in [4.78, 5) is 24.6. The van der Waals surface area contributed by atoms with Crippen LogP contribution < -0.4 is 0 Å². The van der Waals surface area contributed by atoms with Gasteiger partial charge in [-0.05, 0) is 40.5 Å². The highest BCUT2D eigenvalue weighted by Gasteiger charge is 2.33. The molecular weight excluding hydrogens is 316 g/mol. The van der Waals surface area contributed by atoms with E-state index in [1.807, 2.05) is 41.5 Å². The normalized spacial score (nSPS) is 12.8. The number of carbonyl (C=O) groups excluding carboxylic acids is 2. The molecule has 0 heterocycles. The Hall–Kier alpha value is -1.06. The van der Waals surface area contributed by atoms with E-state index in [0.29, 0.717) is 0 Å². The van der Waals surface area contributed by atoms with Crippen LogP contribution in [0, 0.1) is 16.2 Å². The molecule has 0 bridgehead atoms. The van der Waals surface area contributed by atoms with Crippen molar-refractivity contribution in [3.8, 4) is 0 Å². The summed E-state index contributed by atoms with van der Waals surface area (Å²) >= 11 is 0. The molecule has 0 spiro atoms. The highest BCUT2D eigenvalue weighted by atomic mass is 16.5. The topological polar surface area (TPSA) is 52.6 Å². The van der Waals surface area contributed by atoms with Crippen molar-refractivity contribution in [3.05, 3.63) is 0 Å². The van der Waals surface area contributed by atoms with Crippen molar-refractivity contribution in [2.45, 2.75) is 93.9 Å². The van der Waals surface area contributed by atoms with Crippen molar-refractivity contribution in [3.63, 3.8) is 0 Å². The lowest BCUT2D eigenvalue weighted by molar-refractivity contribution is -0.163. The van der Waals surface area contributed by atoms with Crippen LogP contribution in [0.1, 0.15) is 93.9 Å². The van der Waals surface area contributed by atoms with Gasteiger partial charge >= 0.3 is 11.9 Å². The zero-order chi connectivity index (χ0) is 19.7. The van der Waals surface area contributed by atoms with Gasteiger partial charge in [-0.15, -0.1) is 0 Å². The second-order valence-corrected chi connectivity index (χ2v) is 9.29. The molecule has 0 N–H and O–H groups in total. The third-order valence-electron chi connectivity index (χ3n) is 4.60. The molecule has 0 aromatic heterocycles. The van der Waals surface area contributed by atoms with E-state index >= 15 is 0 Å². The Morgan fingerprint density at radius 1 is 0.680 bits per heavy atom. The second-order valence-electron chi connectivity index (χ2n) is 9.29. The molecule has 0 fully saturated rings. The van der Waals surface area contributed by atoms with Crippen molar-refractivity contribution in [2.75, 3.05) is 13.2 Å². The minimum absolute atomic E-state index is 0.177. The van der Waals surface area contributed by atoms with Gasteiger partial charge in [-0.3, -0.25) is 9.59 Å². The van der Waals surface area contributed by atoms with E-state index < -0.39 is 16.2 Å². The van der Waals surface area contributed by atoms with Gasteiger partial charge in [0.1, 0.15) is 0 Å². The maximum absolute atomic E-state index is 12.3. The lowest BCUT2D eigenvalue weighted by atomic mass is 9.87. The average Bonchev–Trinajstić information content (AvgIpc) is 2.53. The van der Waals surface area contributed by atoms with Crippen LogP contribution in [0.15, 0.2) is 0 Å². The first-order valence-electron chi connectivity index (χ1n) is 9.72. The second kappa shape index (κ2) is 10.2. The summed E-state index contributed by atoms with van der Waals surface area (Å²) in [5.74, 6) is -0.354. The van der Waals surface area contributed by atoms with Gasteiger partial charge in [0.15, 0.2) is 0 Å². The Bertz CT molecular complexity index is 384. The molecular formula is C21H40O4. The lowest BCUT2D eigenvalue weighted by Gasteiger charge is -2.29. The Morgan fingerprint density at radius 3 is 1.28 bits per heavy atom. The Morgan fingerprint density at radius 2 is 1.00 bits per heavy atom. The molecule has 4 nitrogen and oxygen atoms in total. The van der Waals surface area contributed by atoms with Crippen LogP contribution in [-0.2, 0) is 19.1 Å². The molecule has 0 saturated carbocycles. The van der Waals surface area contributed by atoms with Crippen molar-refractivity contribution < 1.29 is 19.1 Å². The van der Waals surface area contributed by atoms with Crippen molar-refractivity contribution in [1.82, 2.24) is 0 Å². The third-order valence-corrected chi connectivity index (χ3v) is 4.60. The first-order chi connectivity index (χ1) is 11.4. The van der Waals surface area contributed by atoms with Gasteiger partial charge in [-0.25, -0.2) is 0 Å². The van der Waals surface area contributed by atoms with Crippen LogP contribution in [0.3, 0.4) is 0 Å². The zero-order valence-corrected chi connectivity index (χ0v) is 17.8. The van der Waals surface area contributed by atoms with E-state index in [-0.39, 0.29) is 25.2 Å². The van der Waals surface area contributed by atoms with Gasteiger partial charge < -0.3 is 9.47 Å². The summed E-state index contributed by atoms with van der Waals surface area (Å²) in [7, 11) is 0. The zero-order valence-electron chi connectivity index (χ0n) is 17.8. The summed E-state index contributed by atoms with van der Waals surface area (Å²) in [6, 6.07) is 0. The fourth-order valence-electron chi connectivity index (χ4n) is 2.40. The fourth-order valence-corrected chi connectivity index (χ4v) is 2.40. The minimum atomic E-state index is -0.467. The average molecular weight is 357 g/mol. The molecule has 0 unspecified atom stereocenters. The first-order valence-corrected chi connectivity index (χ1v) is 9.72. The van der Waals surface area contributed by atoms with Crippen LogP contribution in [0.4, 0.5) is 0 Å². The summed E-state index contributed by atoms with van der Waals surface area (Å²) in [5, 5.41) is 0. The van der Waals surface area contributed by atoms with Crippen molar-refractivity contribution >= 4 is 11.9 Å². The minimum Gasteiger partial charge on any atom is -0.465 e. The number of hydrogen-bond donors (Lipinski definition) is 0. The van der Waals surface area contributed by atoms with E-state index in [4.69, 9.17) is 9.47 Å². The molecule has 0 aromatic rings. The highest BCUT2D eigenvalue weighted by Crippen LogP contribution is 2.28. The number of hydrogen-bond acceptors (Lipinski definition) is 4. The Balaban J connectivity index is 4.45. The smallest absolute Gasteiger partial charge is 0.311 e. The quantitative estimate of drug-likeness (QED) is 0.431. The van der Waals surface area contributed by atoms with E-state index in [1.54, 1.807) is 0 Å². The molecule has 0 aliphatic carbocycles. The summed E-state index contributed by atoms with van der Waals surface area (Å²) < 4.78 is 11.0. The first kappa shape index (κ1) is 23.9. The van der Waals surface area contributed by atoms with E-state index in [9.17, 15) is 9.59 Å². The molecule has 0 aliphatic rings. The van der Waals surface area contributed by atoms with Gasteiger partial charge in [-0.2, -0.15) is 0 Å². The number of esters is 2. The third kappa shape index (κ3) is 9.27. The van der Waals surface area contributed by atoms with Gasteiger partial charge in [0.25, 0.3) is 0 Å². The van der Waals surface area contributed by atoms with E-state index in [0.717, 1.165) is 38.5 Å². The largest absolute Gasteiger partial charge is 0.465 e. The highest BCUT2D eigenvalue weighted by molar-refractivity contribution is 5.76. The maximum atomic E-state index is 12.3. The monoisotopic (exact) mass is 356 g/mol. The molecule has 0 rings (SSSR count). The number of unbranched alkanes of at least 4 members (excludes halogenated alkanes) is 2. The standard InChI is InChI=1S/C21H40O4/c1-9-11-13-20(5,6)17(22)24-15-19(3,4)16-25-18(23)21(7,8)14-12-10-2/h9-16H2,1-8H3. The van der Waals surface area contributed by atoms with E-state index in [2.05, 4.69) is 13.8 Å². The molecule has 0 amide bonds. The molecule has 0 aliphatic heterocycles. The number of carbonyl (C=O) groups is 2. The van der Waals surface area contributed by atoms with Crippen LogP contribution in [0.2, 0.25) is 0 Å². The van der Waals surface area contributed by atoms with Gasteiger partial charge in [0.05, 0.1) is 24.0 Å². The molecule has 0 aromatic carbocycles. The van der Waals surface area contributed by atoms with Gasteiger partial charge in [0.2, 0.25) is 0 Å². The van der Waals surface area contributed by atoms with Gasteiger partial charge in [0, 0.05) is 5.41 Å². The van der Waals surface area contributed by atoms with Crippen molar-refractivity contribution in [2.24, 2.45) is 16.2 Å². The van der Waals surface area contributed by atoms with Crippen LogP contribution in [0.25, 0.3) is 0 Å². The van der Waals surface area contributed by atoms with Crippen LogP contribution >= 0.6 is 0 Å². The van der Waals surface area contributed by atoms with Crippen LogP contribution in [-0.4, -0.2) is 25.2 Å². The molecule has 4 heteroatoms. The Labute approximate surface area is 155 Å². The van der Waals surface area contributed by atoms with E-state index in [1.165, 1.54) is 0 Å². The van der Waals surface area contributed by atoms with Crippen LogP contribution in [0.5, 0.6) is 0 Å². The Kier molecular flexibility index (Phi) is 9.75. The molecule has 0 radical (unpaired) electrons. The molecule has 25 heavy (non-hydrogen) atoms. The summed E-state index contributed by atoms with van der Waals surface area (Å²) in [6.45, 7) is 16.3. The molecule has 148 valence electrons. The van der Waals surface area contributed by atoms with Gasteiger partial charge in [-0.1, -0.05) is 53.4 Å². The molecule has 0 saturated heterocycles. The summed E-state index contributed by atoms with van der Waals surface area (Å²) in [5.41, 5.74) is -1.33. The predicted octanol–water partition coefficient (Wildman–Crippen LogP) is 5.53. The fraction of sp³-hybridized carbons (Fsp3) is 0.905. The lowest BCUT2D eigenvalue weighted by Crippen LogP contribution is -2.35. The number of rotatable bonds is 12. The predicted molar refractivity (Wildman–Crippen MR) is 102 cm³/mol.